The number of hydrogen-bond donors (Lipinski definition) is 0. The summed E-state index contributed by atoms with van der Waals surface area (Å²) in [5.74, 6) is 0. The smallest absolute Gasteiger partial charge is 0.281 e. The Morgan fingerprint density at radius 2 is 1.25 bits per heavy atom. The first kappa shape index (κ1) is 23.2. The first-order valence-electron chi connectivity index (χ1n) is 0.204. The number of rotatable bonds is 0. The van der Waals surface area contributed by atoms with Gasteiger partial charge in [-0.3, -0.25) is 4.79 Å². The molecule has 27 valence electrons. The summed E-state index contributed by atoms with van der Waals surface area (Å²) in [4.78, 5) is 7.50. The van der Waals surface area contributed by atoms with E-state index in [-0.39, 0.29) is 26.7 Å². The molecule has 0 aromatic heterocycles. The molecule has 0 spiro atoms. The summed E-state index contributed by atoms with van der Waals surface area (Å²) < 4.78 is 0. The fourth-order valence-electron chi connectivity index (χ4n) is 0. The minimum Gasteiger partial charge on any atom is -0.281 e. The zero-order valence-electron chi connectivity index (χ0n) is 1.95. The van der Waals surface area contributed by atoms with Crippen molar-refractivity contribution in [2.45, 2.75) is 0 Å². The van der Waals surface area contributed by atoms with Crippen LogP contribution in [0.1, 0.15) is 0 Å². The normalized spacial score (nSPS) is 1.00. The molecule has 0 aliphatic heterocycles. The van der Waals surface area contributed by atoms with E-state index < -0.39 is 0 Å². The van der Waals surface area contributed by atoms with Gasteiger partial charge in [-0.05, 0) is 0 Å². The van der Waals surface area contributed by atoms with Gasteiger partial charge in [-0.2, -0.15) is 9.90 Å². The van der Waals surface area contributed by atoms with Crippen LogP contribution in [0.2, 0.25) is 0 Å². The summed E-state index contributed by atoms with van der Waals surface area (Å²) in [7, 11) is 0. The van der Waals surface area contributed by atoms with Crippen molar-refractivity contribution >= 4 is 16.7 Å². The standard InChI is InChI=1S/CO.Co.H3P/c1-2;;/h;;1H3. The van der Waals surface area contributed by atoms with Crippen molar-refractivity contribution in [2.75, 3.05) is 0 Å². The molecule has 0 N–H and O–H groups in total. The van der Waals surface area contributed by atoms with Crippen molar-refractivity contribution < 1.29 is 21.6 Å². The van der Waals surface area contributed by atoms with E-state index >= 15 is 0 Å². The maximum Gasteiger partial charge on any atom is 0.281 e. The number of hydrogen-bond acceptors (Lipinski definition) is 1. The number of carbonyl (C=O) groups excluding carboxylic acids is 1. The third-order valence-corrected chi connectivity index (χ3v) is 0. The summed E-state index contributed by atoms with van der Waals surface area (Å²) in [5, 5.41) is 0. The molecule has 1 unspecified atom stereocenters. The molecule has 3 heteroatoms. The molecule has 3 radical (unpaired) electrons. The summed E-state index contributed by atoms with van der Waals surface area (Å²) in [6.07, 6.45) is 0. The molecular weight excluding hydrogens is 118 g/mol. The van der Waals surface area contributed by atoms with Gasteiger partial charge < -0.3 is 0 Å². The van der Waals surface area contributed by atoms with Gasteiger partial charge in [-0.25, -0.2) is 0 Å². The predicted molar refractivity (Wildman–Crippen MR) is 16.8 cm³/mol. The monoisotopic (exact) mass is 121 g/mol. The van der Waals surface area contributed by atoms with E-state index in [2.05, 4.69) is 6.79 Å². The summed E-state index contributed by atoms with van der Waals surface area (Å²) in [6, 6.07) is 0. The zero-order valence-corrected chi connectivity index (χ0v) is 4.40. The molecule has 4 heavy (non-hydrogen) atoms. The SMILES string of the molecule is P.[C]=O.[Co]. The molecule has 1 nitrogen and oxygen atoms in total. The quantitative estimate of drug-likeness (QED) is 0.400. The fraction of sp³-hybridized carbons (Fsp3) is 0. The maximum absolute atomic E-state index is 7.50. The fourth-order valence-corrected chi connectivity index (χ4v) is 0. The average Bonchev–Trinajstić information content (AvgIpc) is 1.00. The third-order valence-electron chi connectivity index (χ3n) is 0. The van der Waals surface area contributed by atoms with E-state index in [1.165, 1.54) is 0 Å². The van der Waals surface area contributed by atoms with Crippen LogP contribution >= 0.6 is 9.90 Å². The van der Waals surface area contributed by atoms with Crippen molar-refractivity contribution in [3.8, 4) is 0 Å². The Morgan fingerprint density at radius 1 is 1.25 bits per heavy atom. The van der Waals surface area contributed by atoms with Crippen molar-refractivity contribution in [3.05, 3.63) is 0 Å². The van der Waals surface area contributed by atoms with Crippen LogP contribution in [0.15, 0.2) is 0 Å². The van der Waals surface area contributed by atoms with Gasteiger partial charge in [0.25, 0.3) is 6.79 Å². The first-order chi connectivity index (χ1) is 1.00. The molecule has 0 aliphatic rings. The topological polar surface area (TPSA) is 17.1 Å². The van der Waals surface area contributed by atoms with E-state index in [4.69, 9.17) is 4.79 Å². The van der Waals surface area contributed by atoms with Gasteiger partial charge in [0.2, 0.25) is 0 Å². The average molecular weight is 121 g/mol. The van der Waals surface area contributed by atoms with Crippen LogP contribution in [0, 0.1) is 0 Å². The van der Waals surface area contributed by atoms with Crippen LogP contribution in [0.5, 0.6) is 0 Å². The van der Waals surface area contributed by atoms with Crippen molar-refractivity contribution in [3.63, 3.8) is 0 Å². The summed E-state index contributed by atoms with van der Waals surface area (Å²) in [6.45, 7) is 4.50. The Balaban J connectivity index is -0.00000000500. The van der Waals surface area contributed by atoms with Gasteiger partial charge in [0.15, 0.2) is 0 Å². The third kappa shape index (κ3) is 18.3. The van der Waals surface area contributed by atoms with Gasteiger partial charge in [0, 0.05) is 16.8 Å². The molecule has 0 heterocycles. The molecule has 0 rings (SSSR count). The summed E-state index contributed by atoms with van der Waals surface area (Å²) >= 11 is 0. The largest absolute Gasteiger partial charge is 0.281 e. The van der Waals surface area contributed by atoms with Gasteiger partial charge in [-0.15, -0.1) is 0 Å². The van der Waals surface area contributed by atoms with Gasteiger partial charge >= 0.3 is 0 Å². The van der Waals surface area contributed by atoms with E-state index in [0.29, 0.717) is 0 Å². The Hall–Kier alpha value is 0.606. The molecule has 0 amide bonds. The zero-order chi connectivity index (χ0) is 2.00. The summed E-state index contributed by atoms with van der Waals surface area (Å²) in [5.41, 5.74) is 0. The van der Waals surface area contributed by atoms with E-state index in [1.807, 2.05) is 0 Å². The van der Waals surface area contributed by atoms with Crippen molar-refractivity contribution in [2.24, 2.45) is 0 Å². The van der Waals surface area contributed by atoms with Crippen LogP contribution in [0.25, 0.3) is 0 Å². The van der Waals surface area contributed by atoms with Crippen molar-refractivity contribution in [1.29, 1.82) is 0 Å². The molecule has 1 atom stereocenters. The Labute approximate surface area is 39.0 Å². The van der Waals surface area contributed by atoms with E-state index in [0.717, 1.165) is 0 Å². The van der Waals surface area contributed by atoms with Crippen LogP contribution in [-0.4, -0.2) is 6.79 Å². The van der Waals surface area contributed by atoms with Crippen LogP contribution < -0.4 is 0 Å². The second-order valence-corrected chi connectivity index (χ2v) is 0. The van der Waals surface area contributed by atoms with Crippen molar-refractivity contribution in [1.82, 2.24) is 0 Å². The van der Waals surface area contributed by atoms with Gasteiger partial charge in [0.1, 0.15) is 0 Å². The van der Waals surface area contributed by atoms with Crippen LogP contribution in [0.3, 0.4) is 0 Å². The molecule has 0 saturated carbocycles. The molecule has 0 aliphatic carbocycles. The second-order valence-electron chi connectivity index (χ2n) is 0. The minimum atomic E-state index is 0. The molecule has 0 saturated heterocycles. The second kappa shape index (κ2) is 66.6. The van der Waals surface area contributed by atoms with E-state index in [1.54, 1.807) is 0 Å². The van der Waals surface area contributed by atoms with Crippen LogP contribution in [-0.2, 0) is 21.6 Å². The van der Waals surface area contributed by atoms with E-state index in [9.17, 15) is 0 Å². The predicted octanol–water partition coefficient (Wildman–Crippen LogP) is -0.342. The molecule has 0 bridgehead atoms. The molecule has 0 aromatic carbocycles. The van der Waals surface area contributed by atoms with Gasteiger partial charge in [-0.1, -0.05) is 0 Å². The Bertz CT molecular complexity index is 8.00. The van der Waals surface area contributed by atoms with Gasteiger partial charge in [0.05, 0.1) is 0 Å². The first-order valence-corrected chi connectivity index (χ1v) is 0.204. The van der Waals surface area contributed by atoms with Crippen LogP contribution in [0.4, 0.5) is 0 Å². The molecular formula is CH3CoOP. The Kier molecular flexibility index (Phi) is 387. The Morgan fingerprint density at radius 3 is 1.25 bits per heavy atom. The molecule has 0 aromatic rings. The minimum absolute atomic E-state index is 0. The maximum atomic E-state index is 7.50. The molecule has 0 fully saturated rings.